The molecule has 0 bridgehead atoms. The zero-order valence-electron chi connectivity index (χ0n) is 9.30. The maximum Gasteiger partial charge on any atom is 0.0821 e. The molecule has 3 rings (SSSR count). The van der Waals surface area contributed by atoms with Gasteiger partial charge in [0.15, 0.2) is 0 Å². The van der Waals surface area contributed by atoms with Crippen LogP contribution < -0.4 is 0 Å². The maximum atomic E-state index is 10.2. The molecule has 16 heavy (non-hydrogen) atoms. The molecule has 0 radical (unpaired) electrons. The van der Waals surface area contributed by atoms with Crippen LogP contribution in [0.5, 0.6) is 0 Å². The molecule has 1 fully saturated rings. The molecular weight excluding hydrogens is 198 g/mol. The molecule has 3 unspecified atom stereocenters. The van der Waals surface area contributed by atoms with Gasteiger partial charge in [-0.2, -0.15) is 0 Å². The molecule has 1 N–H and O–H groups in total. The highest BCUT2D eigenvalue weighted by molar-refractivity contribution is 5.79. The number of pyridine rings is 1. The third-order valence-corrected chi connectivity index (χ3v) is 3.55. The molecule has 2 aromatic rings. The highest BCUT2D eigenvalue weighted by atomic mass is 16.3. The molecule has 1 aliphatic carbocycles. The summed E-state index contributed by atoms with van der Waals surface area (Å²) in [6.45, 7) is 2.19. The number of fused-ring (bicyclic) bond motifs is 1. The summed E-state index contributed by atoms with van der Waals surface area (Å²) < 4.78 is 0. The van der Waals surface area contributed by atoms with Crippen LogP contribution in [0.4, 0.5) is 0 Å². The zero-order valence-corrected chi connectivity index (χ0v) is 9.30. The Bertz CT molecular complexity index is 523. The second kappa shape index (κ2) is 3.56. The van der Waals surface area contributed by atoms with Crippen molar-refractivity contribution in [1.29, 1.82) is 0 Å². The topological polar surface area (TPSA) is 33.1 Å². The molecule has 1 saturated carbocycles. The summed E-state index contributed by atoms with van der Waals surface area (Å²) >= 11 is 0. The third kappa shape index (κ3) is 1.59. The minimum absolute atomic E-state index is 0.306. The molecule has 0 aliphatic heterocycles. The van der Waals surface area contributed by atoms with Gasteiger partial charge >= 0.3 is 0 Å². The van der Waals surface area contributed by atoms with E-state index >= 15 is 0 Å². The number of benzene rings is 1. The Morgan fingerprint density at radius 3 is 2.94 bits per heavy atom. The first-order chi connectivity index (χ1) is 7.75. The van der Waals surface area contributed by atoms with E-state index in [-0.39, 0.29) is 6.10 Å². The summed E-state index contributed by atoms with van der Waals surface area (Å²) in [5.41, 5.74) is 2.01. The third-order valence-electron chi connectivity index (χ3n) is 3.55. The number of aliphatic hydroxyl groups is 1. The van der Waals surface area contributed by atoms with Crippen molar-refractivity contribution in [3.63, 3.8) is 0 Å². The normalized spacial score (nSPS) is 25.6. The van der Waals surface area contributed by atoms with Crippen LogP contribution in [-0.2, 0) is 0 Å². The quantitative estimate of drug-likeness (QED) is 0.832. The zero-order chi connectivity index (χ0) is 11.1. The number of nitrogens with zero attached hydrogens (tertiary/aromatic N) is 1. The first-order valence-electron chi connectivity index (χ1n) is 5.78. The largest absolute Gasteiger partial charge is 0.388 e. The molecule has 1 heterocycles. The van der Waals surface area contributed by atoms with E-state index in [1.165, 1.54) is 0 Å². The molecule has 1 aliphatic rings. The monoisotopic (exact) mass is 213 g/mol. The lowest BCUT2D eigenvalue weighted by molar-refractivity contribution is 0.148. The first-order valence-corrected chi connectivity index (χ1v) is 5.78. The van der Waals surface area contributed by atoms with Gasteiger partial charge < -0.3 is 5.11 Å². The molecule has 1 aromatic heterocycles. The first kappa shape index (κ1) is 9.79. The number of aromatic nitrogens is 1. The molecule has 2 heteroatoms. The summed E-state index contributed by atoms with van der Waals surface area (Å²) in [6.07, 6.45) is 2.63. The number of hydrogen-bond donors (Lipinski definition) is 1. The molecular formula is C14H15NO. The van der Waals surface area contributed by atoms with Gasteiger partial charge in [0.25, 0.3) is 0 Å². The predicted octanol–water partition coefficient (Wildman–Crippen LogP) is 2.92. The highest BCUT2D eigenvalue weighted by Gasteiger charge is 2.39. The van der Waals surface area contributed by atoms with Crippen molar-refractivity contribution < 1.29 is 5.11 Å². The Balaban J connectivity index is 1.98. The van der Waals surface area contributed by atoms with Crippen LogP contribution >= 0.6 is 0 Å². The minimum atomic E-state index is -0.306. The lowest BCUT2D eigenvalue weighted by atomic mass is 10.0. The summed E-state index contributed by atoms with van der Waals surface area (Å²) in [7, 11) is 0. The van der Waals surface area contributed by atoms with Crippen molar-refractivity contribution in [3.05, 3.63) is 42.1 Å². The lowest BCUT2D eigenvalue weighted by Crippen LogP contribution is -2.00. The van der Waals surface area contributed by atoms with E-state index in [2.05, 4.69) is 18.0 Å². The molecule has 2 nitrogen and oxygen atoms in total. The van der Waals surface area contributed by atoms with Gasteiger partial charge in [-0.05, 0) is 42.0 Å². The van der Waals surface area contributed by atoms with Crippen molar-refractivity contribution in [2.24, 2.45) is 11.8 Å². The average Bonchev–Trinajstić information content (AvgIpc) is 3.05. The van der Waals surface area contributed by atoms with E-state index in [1.807, 2.05) is 24.3 Å². The fourth-order valence-electron chi connectivity index (χ4n) is 2.32. The van der Waals surface area contributed by atoms with Crippen molar-refractivity contribution in [2.75, 3.05) is 0 Å². The maximum absolute atomic E-state index is 10.2. The van der Waals surface area contributed by atoms with Crippen LogP contribution in [0, 0.1) is 11.8 Å². The van der Waals surface area contributed by atoms with Gasteiger partial charge in [-0.1, -0.05) is 19.1 Å². The van der Waals surface area contributed by atoms with E-state index in [9.17, 15) is 5.11 Å². The standard InChI is InChI=1S/C14H15NO/c1-9-7-12(9)14(16)11-4-5-13-10(8-11)3-2-6-15-13/h2-6,8-9,12,14,16H,7H2,1H3. The lowest BCUT2D eigenvalue weighted by Gasteiger charge is -2.10. The second-order valence-electron chi connectivity index (χ2n) is 4.78. The predicted molar refractivity (Wildman–Crippen MR) is 64.0 cm³/mol. The molecule has 3 atom stereocenters. The highest BCUT2D eigenvalue weighted by Crippen LogP contribution is 2.47. The van der Waals surface area contributed by atoms with Crippen LogP contribution in [0.1, 0.15) is 25.0 Å². The fraction of sp³-hybridized carbons (Fsp3) is 0.357. The molecule has 1 aromatic carbocycles. The van der Waals surface area contributed by atoms with Gasteiger partial charge in [0.1, 0.15) is 0 Å². The van der Waals surface area contributed by atoms with Crippen LogP contribution in [0.15, 0.2) is 36.5 Å². The summed E-state index contributed by atoms with van der Waals surface area (Å²) in [4.78, 5) is 4.28. The van der Waals surface area contributed by atoms with Crippen LogP contribution in [0.3, 0.4) is 0 Å². The number of rotatable bonds is 2. The van der Waals surface area contributed by atoms with Crippen LogP contribution in [-0.4, -0.2) is 10.1 Å². The average molecular weight is 213 g/mol. The Labute approximate surface area is 94.9 Å². The Hall–Kier alpha value is -1.41. The van der Waals surface area contributed by atoms with Gasteiger partial charge in [0.2, 0.25) is 0 Å². The van der Waals surface area contributed by atoms with Crippen LogP contribution in [0.25, 0.3) is 10.9 Å². The van der Waals surface area contributed by atoms with Crippen LogP contribution in [0.2, 0.25) is 0 Å². The SMILES string of the molecule is CC1CC1C(O)c1ccc2ncccc2c1. The molecule has 0 amide bonds. The van der Waals surface area contributed by atoms with Gasteiger partial charge in [0.05, 0.1) is 11.6 Å². The molecule has 0 saturated heterocycles. The number of aliphatic hydroxyl groups excluding tert-OH is 1. The Kier molecular flexibility index (Phi) is 2.18. The summed E-state index contributed by atoms with van der Waals surface area (Å²) in [5, 5.41) is 11.3. The summed E-state index contributed by atoms with van der Waals surface area (Å²) in [6, 6.07) is 10.00. The van der Waals surface area contributed by atoms with E-state index in [1.54, 1.807) is 6.20 Å². The summed E-state index contributed by atoms with van der Waals surface area (Å²) in [5.74, 6) is 1.12. The van der Waals surface area contributed by atoms with Gasteiger partial charge in [-0.25, -0.2) is 0 Å². The fourth-order valence-corrected chi connectivity index (χ4v) is 2.32. The smallest absolute Gasteiger partial charge is 0.0821 e. The molecule has 0 spiro atoms. The van der Waals surface area contributed by atoms with Gasteiger partial charge in [-0.15, -0.1) is 0 Å². The van der Waals surface area contributed by atoms with Crippen molar-refractivity contribution in [2.45, 2.75) is 19.4 Å². The minimum Gasteiger partial charge on any atom is -0.388 e. The van der Waals surface area contributed by atoms with E-state index < -0.39 is 0 Å². The van der Waals surface area contributed by atoms with Crippen molar-refractivity contribution in [3.8, 4) is 0 Å². The van der Waals surface area contributed by atoms with E-state index in [0.29, 0.717) is 11.8 Å². The van der Waals surface area contributed by atoms with Gasteiger partial charge in [0, 0.05) is 11.6 Å². The number of hydrogen-bond acceptors (Lipinski definition) is 2. The van der Waals surface area contributed by atoms with E-state index in [4.69, 9.17) is 0 Å². The van der Waals surface area contributed by atoms with Crippen molar-refractivity contribution >= 4 is 10.9 Å². The second-order valence-corrected chi connectivity index (χ2v) is 4.78. The Morgan fingerprint density at radius 2 is 2.19 bits per heavy atom. The van der Waals surface area contributed by atoms with E-state index in [0.717, 1.165) is 22.9 Å². The molecule has 82 valence electrons. The van der Waals surface area contributed by atoms with Gasteiger partial charge in [-0.3, -0.25) is 4.98 Å². The Morgan fingerprint density at radius 1 is 1.38 bits per heavy atom. The van der Waals surface area contributed by atoms with Crippen molar-refractivity contribution in [1.82, 2.24) is 4.98 Å².